The van der Waals surface area contributed by atoms with Gasteiger partial charge in [0.05, 0.1) is 11.5 Å². The molecule has 1 aromatic carbocycles. The van der Waals surface area contributed by atoms with E-state index in [-0.39, 0.29) is 24.2 Å². The first-order chi connectivity index (χ1) is 8.85. The van der Waals surface area contributed by atoms with Gasteiger partial charge < -0.3 is 10.5 Å². The Bertz CT molecular complexity index is 515. The lowest BCUT2D eigenvalue weighted by Crippen LogP contribution is -2.17. The van der Waals surface area contributed by atoms with Crippen LogP contribution in [0, 0.1) is 0 Å². The molecule has 1 atom stereocenters. The highest BCUT2D eigenvalue weighted by atomic mass is 79.9. The van der Waals surface area contributed by atoms with Crippen LogP contribution in [0.2, 0.25) is 0 Å². The van der Waals surface area contributed by atoms with E-state index >= 15 is 0 Å². The third kappa shape index (κ3) is 5.50. The molecule has 0 aliphatic carbocycles. The maximum absolute atomic E-state index is 11.6. The Hall–Kier alpha value is -0.590. The predicted octanol–water partition coefficient (Wildman–Crippen LogP) is 2.67. The summed E-state index contributed by atoms with van der Waals surface area (Å²) in [5.41, 5.74) is 6.73. The van der Waals surface area contributed by atoms with Crippen molar-refractivity contribution in [2.45, 2.75) is 26.3 Å². The zero-order valence-corrected chi connectivity index (χ0v) is 13.6. The van der Waals surface area contributed by atoms with Crippen LogP contribution in [0.5, 0.6) is 5.75 Å². The Balaban J connectivity index is 2.68. The third-order valence-corrected chi connectivity index (χ3v) is 4.94. The van der Waals surface area contributed by atoms with Gasteiger partial charge in [-0.15, -0.1) is 0 Å². The van der Waals surface area contributed by atoms with Crippen LogP contribution >= 0.6 is 15.9 Å². The highest BCUT2D eigenvalue weighted by Crippen LogP contribution is 2.27. The van der Waals surface area contributed by atoms with Crippen molar-refractivity contribution in [3.8, 4) is 5.75 Å². The van der Waals surface area contributed by atoms with Gasteiger partial charge in [-0.05, 0) is 31.5 Å². The maximum Gasteiger partial charge on any atom is 0.153 e. The van der Waals surface area contributed by atoms with Crippen LogP contribution < -0.4 is 10.5 Å². The Kier molecular flexibility index (Phi) is 6.29. The molecule has 108 valence electrons. The molecule has 0 aromatic heterocycles. The molecule has 0 aliphatic heterocycles. The Morgan fingerprint density at radius 3 is 2.63 bits per heavy atom. The van der Waals surface area contributed by atoms with Crippen molar-refractivity contribution in [2.75, 3.05) is 18.1 Å². The van der Waals surface area contributed by atoms with Crippen LogP contribution in [0.1, 0.15) is 31.9 Å². The molecule has 0 saturated carbocycles. The standard InChI is InChI=1S/C13H20BrNO3S/c1-3-7-19(16,17)8-6-18-13-5-4-11(14)9-12(13)10(2)15/h4-5,9-10H,3,6-8,15H2,1-2H3/t10-/m0/s1. The number of nitrogens with two attached hydrogens (primary N) is 1. The van der Waals surface area contributed by atoms with Gasteiger partial charge in [-0.2, -0.15) is 0 Å². The van der Waals surface area contributed by atoms with Gasteiger partial charge in [0.1, 0.15) is 12.4 Å². The highest BCUT2D eigenvalue weighted by Gasteiger charge is 2.12. The minimum absolute atomic E-state index is 0.0370. The van der Waals surface area contributed by atoms with Gasteiger partial charge in [-0.25, -0.2) is 8.42 Å². The Morgan fingerprint density at radius 1 is 1.37 bits per heavy atom. The third-order valence-electron chi connectivity index (χ3n) is 2.63. The second kappa shape index (κ2) is 7.26. The normalized spacial score (nSPS) is 13.3. The van der Waals surface area contributed by atoms with Crippen LogP contribution in [-0.4, -0.2) is 26.5 Å². The van der Waals surface area contributed by atoms with Gasteiger partial charge in [0.2, 0.25) is 0 Å². The van der Waals surface area contributed by atoms with Gasteiger partial charge in [-0.3, -0.25) is 0 Å². The summed E-state index contributed by atoms with van der Waals surface area (Å²) in [5.74, 6) is 0.886. The molecule has 0 unspecified atom stereocenters. The fraction of sp³-hybridized carbons (Fsp3) is 0.538. The lowest BCUT2D eigenvalue weighted by Gasteiger charge is -2.14. The molecule has 0 spiro atoms. The molecule has 0 bridgehead atoms. The molecule has 19 heavy (non-hydrogen) atoms. The average Bonchev–Trinajstić information content (AvgIpc) is 2.30. The molecule has 2 N–H and O–H groups in total. The first-order valence-electron chi connectivity index (χ1n) is 6.24. The van der Waals surface area contributed by atoms with Gasteiger partial charge in [-0.1, -0.05) is 22.9 Å². The van der Waals surface area contributed by atoms with Crippen molar-refractivity contribution >= 4 is 25.8 Å². The van der Waals surface area contributed by atoms with E-state index < -0.39 is 9.84 Å². The molecule has 0 heterocycles. The number of sulfone groups is 1. The van der Waals surface area contributed by atoms with Gasteiger partial charge in [0.15, 0.2) is 9.84 Å². The molecular formula is C13H20BrNO3S. The number of benzene rings is 1. The van der Waals surface area contributed by atoms with Crippen LogP contribution in [0.3, 0.4) is 0 Å². The molecule has 0 radical (unpaired) electrons. The van der Waals surface area contributed by atoms with Crippen LogP contribution in [0.15, 0.2) is 22.7 Å². The summed E-state index contributed by atoms with van der Waals surface area (Å²) in [6, 6.07) is 5.37. The van der Waals surface area contributed by atoms with Gasteiger partial charge >= 0.3 is 0 Å². The molecule has 1 rings (SSSR count). The quantitative estimate of drug-likeness (QED) is 0.821. The molecule has 6 heteroatoms. The summed E-state index contributed by atoms with van der Waals surface area (Å²) in [7, 11) is -3.01. The van der Waals surface area contributed by atoms with E-state index in [1.807, 2.05) is 26.0 Å². The van der Waals surface area contributed by atoms with Crippen molar-refractivity contribution in [3.05, 3.63) is 28.2 Å². The molecule has 0 fully saturated rings. The fourth-order valence-corrected chi connectivity index (χ4v) is 3.24. The topological polar surface area (TPSA) is 69.4 Å². The second-order valence-corrected chi connectivity index (χ2v) is 7.69. The van der Waals surface area contributed by atoms with E-state index in [2.05, 4.69) is 15.9 Å². The summed E-state index contributed by atoms with van der Waals surface area (Å²) in [4.78, 5) is 0. The van der Waals surface area contributed by atoms with Crippen molar-refractivity contribution in [2.24, 2.45) is 5.73 Å². The summed E-state index contributed by atoms with van der Waals surface area (Å²) in [6.45, 7) is 3.87. The van der Waals surface area contributed by atoms with Gasteiger partial charge in [0, 0.05) is 16.1 Å². The van der Waals surface area contributed by atoms with Crippen molar-refractivity contribution in [3.63, 3.8) is 0 Å². The lowest BCUT2D eigenvalue weighted by molar-refractivity contribution is 0.335. The first kappa shape index (κ1) is 16.5. The minimum Gasteiger partial charge on any atom is -0.492 e. The number of hydrogen-bond acceptors (Lipinski definition) is 4. The van der Waals surface area contributed by atoms with Gasteiger partial charge in [0.25, 0.3) is 0 Å². The summed E-state index contributed by atoms with van der Waals surface area (Å²) >= 11 is 3.38. The minimum atomic E-state index is -3.01. The van der Waals surface area contributed by atoms with Crippen LogP contribution in [0.4, 0.5) is 0 Å². The van der Waals surface area contributed by atoms with Crippen molar-refractivity contribution in [1.82, 2.24) is 0 Å². The van der Waals surface area contributed by atoms with E-state index in [9.17, 15) is 8.42 Å². The summed E-state index contributed by atoms with van der Waals surface area (Å²) in [5, 5.41) is 0. The van der Waals surface area contributed by atoms with E-state index in [4.69, 9.17) is 10.5 Å². The monoisotopic (exact) mass is 349 g/mol. The van der Waals surface area contributed by atoms with E-state index in [1.54, 1.807) is 6.07 Å². The van der Waals surface area contributed by atoms with Crippen LogP contribution in [-0.2, 0) is 9.84 Å². The number of rotatable bonds is 7. The number of halogens is 1. The SMILES string of the molecule is CCCS(=O)(=O)CCOc1ccc(Br)cc1[C@H](C)N. The zero-order chi connectivity index (χ0) is 14.5. The molecule has 1 aromatic rings. The highest BCUT2D eigenvalue weighted by molar-refractivity contribution is 9.10. The fourth-order valence-electron chi connectivity index (χ4n) is 1.70. The summed E-state index contributed by atoms with van der Waals surface area (Å²) < 4.78 is 29.6. The predicted molar refractivity (Wildman–Crippen MR) is 81.2 cm³/mol. The van der Waals surface area contributed by atoms with Crippen molar-refractivity contribution in [1.29, 1.82) is 0 Å². The van der Waals surface area contributed by atoms with E-state index in [0.717, 1.165) is 10.0 Å². The lowest BCUT2D eigenvalue weighted by atomic mass is 10.1. The smallest absolute Gasteiger partial charge is 0.153 e. The molecule has 0 amide bonds. The van der Waals surface area contributed by atoms with E-state index in [0.29, 0.717) is 12.2 Å². The summed E-state index contributed by atoms with van der Waals surface area (Å²) in [6.07, 6.45) is 0.631. The molecule has 4 nitrogen and oxygen atoms in total. The average molecular weight is 350 g/mol. The molecule has 0 saturated heterocycles. The first-order valence-corrected chi connectivity index (χ1v) is 8.85. The van der Waals surface area contributed by atoms with Crippen LogP contribution in [0.25, 0.3) is 0 Å². The largest absolute Gasteiger partial charge is 0.492 e. The van der Waals surface area contributed by atoms with Crippen molar-refractivity contribution < 1.29 is 13.2 Å². The number of ether oxygens (including phenoxy) is 1. The Labute approximate surface area is 123 Å². The maximum atomic E-state index is 11.6. The Morgan fingerprint density at radius 2 is 2.05 bits per heavy atom. The second-order valence-electron chi connectivity index (χ2n) is 4.47. The van der Waals surface area contributed by atoms with E-state index in [1.165, 1.54) is 0 Å². The number of hydrogen-bond donors (Lipinski definition) is 1. The molecule has 0 aliphatic rings. The zero-order valence-electron chi connectivity index (χ0n) is 11.2. The molecular weight excluding hydrogens is 330 g/mol.